The van der Waals surface area contributed by atoms with Gasteiger partial charge in [0.15, 0.2) is 0 Å². The Morgan fingerprint density at radius 3 is 2.52 bits per heavy atom. The lowest BCUT2D eigenvalue weighted by Gasteiger charge is -2.20. The molecule has 21 heavy (non-hydrogen) atoms. The lowest BCUT2D eigenvalue weighted by atomic mass is 10.0. The van der Waals surface area contributed by atoms with Crippen LogP contribution in [-0.4, -0.2) is 16.3 Å². The number of aromatic nitrogens is 1. The van der Waals surface area contributed by atoms with Gasteiger partial charge in [-0.3, -0.25) is 4.57 Å². The van der Waals surface area contributed by atoms with Gasteiger partial charge in [-0.2, -0.15) is 0 Å². The zero-order valence-corrected chi connectivity index (χ0v) is 14.6. The Morgan fingerprint density at radius 1 is 1.24 bits per heavy atom. The number of hydrogen-bond acceptors (Lipinski definition) is 2. The van der Waals surface area contributed by atoms with Gasteiger partial charge in [0.05, 0.1) is 5.69 Å². The molecule has 0 bridgehead atoms. The number of hydrogen-bond donors (Lipinski definition) is 0. The van der Waals surface area contributed by atoms with Crippen LogP contribution in [-0.2, 0) is 4.74 Å². The molecule has 0 spiro atoms. The molecule has 0 aliphatic heterocycles. The second kappa shape index (κ2) is 5.68. The highest BCUT2D eigenvalue weighted by molar-refractivity contribution is 9.10. The third kappa shape index (κ3) is 3.56. The molecule has 0 N–H and O–H groups in total. The summed E-state index contributed by atoms with van der Waals surface area (Å²) in [7, 11) is 0. The summed E-state index contributed by atoms with van der Waals surface area (Å²) >= 11 is 3.44. The van der Waals surface area contributed by atoms with E-state index in [1.807, 2.05) is 39.0 Å². The van der Waals surface area contributed by atoms with Crippen LogP contribution in [0.2, 0.25) is 0 Å². The number of carbonyl (C=O) groups is 1. The van der Waals surface area contributed by atoms with E-state index in [9.17, 15) is 4.79 Å². The molecule has 4 heteroatoms. The minimum atomic E-state index is -0.521. The predicted molar refractivity (Wildman–Crippen MR) is 88.7 cm³/mol. The van der Waals surface area contributed by atoms with Crippen LogP contribution in [0.3, 0.4) is 0 Å². The molecular weight excluding hydrogens is 330 g/mol. The number of nitrogens with zero attached hydrogens (tertiary/aromatic N) is 1. The van der Waals surface area contributed by atoms with E-state index in [-0.39, 0.29) is 6.09 Å². The van der Waals surface area contributed by atoms with Crippen molar-refractivity contribution in [1.29, 1.82) is 0 Å². The summed E-state index contributed by atoms with van der Waals surface area (Å²) in [5.41, 5.74) is 3.70. The van der Waals surface area contributed by atoms with Crippen LogP contribution >= 0.6 is 15.9 Å². The summed E-state index contributed by atoms with van der Waals surface area (Å²) in [5.74, 6) is 0. The van der Waals surface area contributed by atoms with Crippen LogP contribution in [0.4, 0.5) is 4.79 Å². The molecule has 0 unspecified atom stereocenters. The van der Waals surface area contributed by atoms with Crippen LogP contribution in [0.1, 0.15) is 31.9 Å². The molecule has 0 amide bonds. The normalized spacial score (nSPS) is 11.5. The van der Waals surface area contributed by atoms with Crippen molar-refractivity contribution < 1.29 is 9.53 Å². The van der Waals surface area contributed by atoms with Gasteiger partial charge in [-0.25, -0.2) is 4.79 Å². The van der Waals surface area contributed by atoms with Crippen molar-refractivity contribution in [3.63, 3.8) is 0 Å². The quantitative estimate of drug-likeness (QED) is 0.697. The molecule has 2 rings (SSSR count). The third-order valence-corrected chi connectivity index (χ3v) is 3.69. The van der Waals surface area contributed by atoms with Gasteiger partial charge in [0.25, 0.3) is 0 Å². The van der Waals surface area contributed by atoms with Crippen molar-refractivity contribution in [2.75, 3.05) is 0 Å². The maximum Gasteiger partial charge on any atom is 0.419 e. The minimum absolute atomic E-state index is 0.371. The van der Waals surface area contributed by atoms with Crippen LogP contribution in [0.15, 0.2) is 34.9 Å². The number of aryl methyl sites for hydroxylation is 1. The summed E-state index contributed by atoms with van der Waals surface area (Å²) in [6.45, 7) is 9.71. The Labute approximate surface area is 134 Å². The molecule has 1 aromatic heterocycles. The van der Waals surface area contributed by atoms with E-state index in [2.05, 4.69) is 35.8 Å². The van der Waals surface area contributed by atoms with Crippen molar-refractivity contribution >= 4 is 22.0 Å². The lowest BCUT2D eigenvalue weighted by molar-refractivity contribution is 0.0540. The third-order valence-electron chi connectivity index (χ3n) is 3.26. The number of rotatable bonds is 1. The number of ether oxygens (including phenoxy) is 1. The van der Waals surface area contributed by atoms with Gasteiger partial charge in [-0.1, -0.05) is 18.2 Å². The van der Waals surface area contributed by atoms with Gasteiger partial charge in [0, 0.05) is 16.2 Å². The maximum absolute atomic E-state index is 12.4. The zero-order valence-electron chi connectivity index (χ0n) is 13.0. The smallest absolute Gasteiger partial charge is 0.419 e. The molecule has 0 aliphatic rings. The van der Waals surface area contributed by atoms with E-state index in [1.54, 1.807) is 10.8 Å². The van der Waals surface area contributed by atoms with Gasteiger partial charge in [0.1, 0.15) is 5.60 Å². The van der Waals surface area contributed by atoms with Crippen molar-refractivity contribution in [2.24, 2.45) is 0 Å². The molecule has 2 aromatic rings. The molecule has 0 fully saturated rings. The van der Waals surface area contributed by atoms with Crippen LogP contribution < -0.4 is 0 Å². The van der Waals surface area contributed by atoms with Gasteiger partial charge in [-0.05, 0) is 67.7 Å². The molecule has 3 nitrogen and oxygen atoms in total. The fourth-order valence-electron chi connectivity index (χ4n) is 2.13. The second-order valence-electron chi connectivity index (χ2n) is 6.14. The minimum Gasteiger partial charge on any atom is -0.443 e. The first-order chi connectivity index (χ1) is 9.69. The topological polar surface area (TPSA) is 31.2 Å². The Hall–Kier alpha value is -1.55. The highest BCUT2D eigenvalue weighted by Gasteiger charge is 2.21. The van der Waals surface area contributed by atoms with Crippen molar-refractivity contribution in [2.45, 2.75) is 40.2 Å². The fourth-order valence-corrected chi connectivity index (χ4v) is 2.55. The molecule has 0 saturated carbocycles. The molecule has 0 aliphatic carbocycles. The summed E-state index contributed by atoms with van der Waals surface area (Å²) < 4.78 is 7.88. The Balaban J connectivity index is 2.51. The lowest BCUT2D eigenvalue weighted by Crippen LogP contribution is -2.27. The molecule has 1 heterocycles. The van der Waals surface area contributed by atoms with E-state index < -0.39 is 5.60 Å². The van der Waals surface area contributed by atoms with Crippen LogP contribution in [0.25, 0.3) is 11.3 Å². The van der Waals surface area contributed by atoms with Crippen molar-refractivity contribution in [3.05, 3.63) is 46.1 Å². The fraction of sp³-hybridized carbons (Fsp3) is 0.353. The average Bonchev–Trinajstić information content (AvgIpc) is 2.73. The first-order valence-electron chi connectivity index (χ1n) is 6.87. The van der Waals surface area contributed by atoms with Gasteiger partial charge >= 0.3 is 6.09 Å². The Bertz CT molecular complexity index is 681. The average molecular weight is 350 g/mol. The van der Waals surface area contributed by atoms with E-state index in [0.29, 0.717) is 0 Å². The van der Waals surface area contributed by atoms with E-state index in [1.165, 1.54) is 5.56 Å². The summed E-state index contributed by atoms with van der Waals surface area (Å²) in [6.07, 6.45) is 1.37. The second-order valence-corrected chi connectivity index (χ2v) is 7.06. The predicted octanol–water partition coefficient (Wildman–Crippen LogP) is 5.32. The van der Waals surface area contributed by atoms with E-state index in [4.69, 9.17) is 4.74 Å². The zero-order chi connectivity index (χ0) is 15.8. The first-order valence-corrected chi connectivity index (χ1v) is 7.66. The van der Waals surface area contributed by atoms with Gasteiger partial charge in [0.2, 0.25) is 0 Å². The maximum atomic E-state index is 12.4. The van der Waals surface area contributed by atoms with Crippen molar-refractivity contribution in [1.82, 2.24) is 4.57 Å². The summed E-state index contributed by atoms with van der Waals surface area (Å²) in [5, 5.41) is 0. The van der Waals surface area contributed by atoms with Gasteiger partial charge < -0.3 is 4.74 Å². The SMILES string of the molecule is Cc1cccc(-c2cc(Br)cn2C(=O)OC(C)(C)C)c1C. The summed E-state index contributed by atoms with van der Waals surface area (Å²) in [4.78, 5) is 12.4. The van der Waals surface area contributed by atoms with Gasteiger partial charge in [-0.15, -0.1) is 0 Å². The van der Waals surface area contributed by atoms with Crippen molar-refractivity contribution in [3.8, 4) is 11.3 Å². The molecule has 112 valence electrons. The number of halogens is 1. The van der Waals surface area contributed by atoms with Crippen LogP contribution in [0, 0.1) is 13.8 Å². The standard InChI is InChI=1S/C17H20BrNO2/c1-11-7-6-8-14(12(11)2)15-9-13(18)10-19(15)16(20)21-17(3,4)5/h6-10H,1-5H3. The first kappa shape index (κ1) is 15.8. The molecule has 1 aromatic carbocycles. The van der Waals surface area contributed by atoms with E-state index in [0.717, 1.165) is 21.3 Å². The summed E-state index contributed by atoms with van der Waals surface area (Å²) in [6, 6.07) is 8.02. The number of carbonyl (C=O) groups excluding carboxylic acids is 1. The monoisotopic (exact) mass is 349 g/mol. The molecular formula is C17H20BrNO2. The van der Waals surface area contributed by atoms with Crippen LogP contribution in [0.5, 0.6) is 0 Å². The largest absolute Gasteiger partial charge is 0.443 e. The highest BCUT2D eigenvalue weighted by atomic mass is 79.9. The highest BCUT2D eigenvalue weighted by Crippen LogP contribution is 2.30. The number of benzene rings is 1. The van der Waals surface area contributed by atoms with E-state index >= 15 is 0 Å². The molecule has 0 saturated heterocycles. The molecule has 0 radical (unpaired) electrons. The molecule has 0 atom stereocenters. The Kier molecular flexibility index (Phi) is 4.28. The Morgan fingerprint density at radius 2 is 1.90 bits per heavy atom.